The zero-order valence-corrected chi connectivity index (χ0v) is 21.9. The van der Waals surface area contributed by atoms with Gasteiger partial charge in [-0.3, -0.25) is 4.79 Å². The molecule has 3 rings (SSSR count). The summed E-state index contributed by atoms with van der Waals surface area (Å²) in [4.78, 5) is 13.3. The van der Waals surface area contributed by atoms with Crippen molar-refractivity contribution in [3.05, 3.63) is 45.9 Å². The maximum atomic E-state index is 13.3. The van der Waals surface area contributed by atoms with Crippen molar-refractivity contribution in [3.8, 4) is 11.5 Å². The number of aryl methyl sites for hydroxylation is 2. The van der Waals surface area contributed by atoms with Gasteiger partial charge in [0.1, 0.15) is 0 Å². The number of hydrogen-bond acceptors (Lipinski definition) is 5. The van der Waals surface area contributed by atoms with Crippen molar-refractivity contribution in [2.75, 3.05) is 32.6 Å². The topological polar surface area (TPSA) is 84.9 Å². The second kappa shape index (κ2) is 10.9. The number of nitrogens with zero attached hydrogens (tertiary/aromatic N) is 1. The molecule has 2 aromatic rings. The van der Waals surface area contributed by atoms with Crippen LogP contribution < -0.4 is 14.8 Å². The summed E-state index contributed by atoms with van der Waals surface area (Å²) in [6.45, 7) is 4.62. The third kappa shape index (κ3) is 5.53. The van der Waals surface area contributed by atoms with Crippen LogP contribution in [0.2, 0.25) is 0 Å². The Morgan fingerprint density at radius 1 is 1.09 bits per heavy atom. The average molecular weight is 539 g/mol. The molecule has 2 aromatic carbocycles. The van der Waals surface area contributed by atoms with E-state index in [0.29, 0.717) is 30.9 Å². The quantitative estimate of drug-likeness (QED) is 0.529. The molecule has 0 saturated carbocycles. The number of carbonyl (C=O) groups is 1. The number of piperidine rings is 1. The van der Waals surface area contributed by atoms with E-state index in [1.54, 1.807) is 6.07 Å². The Kier molecular flexibility index (Phi) is 8.42. The maximum Gasteiger partial charge on any atom is 0.243 e. The lowest BCUT2D eigenvalue weighted by molar-refractivity contribution is -0.120. The van der Waals surface area contributed by atoms with Crippen LogP contribution in [0, 0.1) is 5.92 Å². The highest BCUT2D eigenvalue weighted by Crippen LogP contribution is 2.33. The number of benzene rings is 2. The van der Waals surface area contributed by atoms with Crippen molar-refractivity contribution in [1.29, 1.82) is 0 Å². The predicted octanol–water partition coefficient (Wildman–Crippen LogP) is 4.63. The van der Waals surface area contributed by atoms with Gasteiger partial charge in [-0.1, -0.05) is 29.8 Å². The maximum absolute atomic E-state index is 13.3. The standard InChI is InChI=1S/C24H31BrN2O5S/c1-5-16-12-19(25)13-17(6-2)23(16)26-24(28)18-8-7-11-27(15-18)33(29,30)20-9-10-21(31-3)22(14-20)32-4/h9-10,12-14,18H,5-8,11,15H2,1-4H3,(H,26,28)/t18-/m0/s1. The average Bonchev–Trinajstić information content (AvgIpc) is 2.84. The number of hydrogen-bond donors (Lipinski definition) is 1. The first-order chi connectivity index (χ1) is 15.7. The Balaban J connectivity index is 1.81. The molecule has 0 bridgehead atoms. The van der Waals surface area contributed by atoms with Crippen molar-refractivity contribution in [1.82, 2.24) is 4.31 Å². The Hall–Kier alpha value is -2.10. The van der Waals surface area contributed by atoms with Gasteiger partial charge >= 0.3 is 0 Å². The van der Waals surface area contributed by atoms with E-state index in [4.69, 9.17) is 9.47 Å². The van der Waals surface area contributed by atoms with E-state index in [-0.39, 0.29) is 17.3 Å². The highest BCUT2D eigenvalue weighted by Gasteiger charge is 2.34. The number of carbonyl (C=O) groups excluding carboxylic acids is 1. The van der Waals surface area contributed by atoms with Crippen LogP contribution in [0.3, 0.4) is 0 Å². The molecular weight excluding hydrogens is 508 g/mol. The molecule has 1 amide bonds. The molecule has 0 unspecified atom stereocenters. The molecule has 0 radical (unpaired) electrons. The van der Waals surface area contributed by atoms with E-state index in [2.05, 4.69) is 35.1 Å². The molecule has 1 saturated heterocycles. The minimum absolute atomic E-state index is 0.121. The number of ether oxygens (including phenoxy) is 2. The number of sulfonamides is 1. The minimum atomic E-state index is -3.78. The summed E-state index contributed by atoms with van der Waals surface area (Å²) in [6.07, 6.45) is 2.83. The zero-order chi connectivity index (χ0) is 24.2. The number of rotatable bonds is 8. The zero-order valence-electron chi connectivity index (χ0n) is 19.5. The van der Waals surface area contributed by atoms with Crippen LogP contribution in [-0.2, 0) is 27.7 Å². The molecule has 1 aliphatic rings. The van der Waals surface area contributed by atoms with Crippen LogP contribution in [0.1, 0.15) is 37.8 Å². The van der Waals surface area contributed by atoms with Gasteiger partial charge in [0.2, 0.25) is 15.9 Å². The molecular formula is C24H31BrN2O5S. The molecule has 1 atom stereocenters. The van der Waals surface area contributed by atoms with Crippen LogP contribution in [-0.4, -0.2) is 45.9 Å². The SMILES string of the molecule is CCc1cc(Br)cc(CC)c1NC(=O)[C@H]1CCCN(S(=O)(=O)c2ccc(OC)c(OC)c2)C1. The highest BCUT2D eigenvalue weighted by atomic mass is 79.9. The third-order valence-corrected chi connectivity index (χ3v) is 8.34. The van der Waals surface area contributed by atoms with Crippen molar-refractivity contribution in [3.63, 3.8) is 0 Å². The van der Waals surface area contributed by atoms with Gasteiger partial charge in [0, 0.05) is 29.3 Å². The number of nitrogens with one attached hydrogen (secondary N) is 1. The lowest BCUT2D eigenvalue weighted by Crippen LogP contribution is -2.43. The van der Waals surface area contributed by atoms with Crippen LogP contribution in [0.4, 0.5) is 5.69 Å². The summed E-state index contributed by atoms with van der Waals surface area (Å²) in [5.74, 6) is 0.236. The summed E-state index contributed by atoms with van der Waals surface area (Å²) < 4.78 is 39.5. The monoisotopic (exact) mass is 538 g/mol. The van der Waals surface area contributed by atoms with Gasteiger partial charge in [0.25, 0.3) is 0 Å². The first kappa shape index (κ1) is 25.5. The second-order valence-corrected chi connectivity index (χ2v) is 10.9. The van der Waals surface area contributed by atoms with Crippen LogP contribution >= 0.6 is 15.9 Å². The first-order valence-corrected chi connectivity index (χ1v) is 13.3. The van der Waals surface area contributed by atoms with E-state index in [1.807, 2.05) is 12.1 Å². The molecule has 1 heterocycles. The van der Waals surface area contributed by atoms with Gasteiger partial charge in [-0.25, -0.2) is 8.42 Å². The highest BCUT2D eigenvalue weighted by molar-refractivity contribution is 9.10. The van der Waals surface area contributed by atoms with Gasteiger partial charge in [-0.05, 0) is 61.1 Å². The third-order valence-electron chi connectivity index (χ3n) is 6.02. The van der Waals surface area contributed by atoms with Crippen LogP contribution in [0.5, 0.6) is 11.5 Å². The van der Waals surface area contributed by atoms with Crippen LogP contribution in [0.25, 0.3) is 0 Å². The summed E-state index contributed by atoms with van der Waals surface area (Å²) in [7, 11) is -0.814. The molecule has 0 spiro atoms. The smallest absolute Gasteiger partial charge is 0.243 e. The van der Waals surface area contributed by atoms with Gasteiger partial charge in [-0.15, -0.1) is 0 Å². The molecule has 180 valence electrons. The molecule has 1 N–H and O–H groups in total. The Bertz CT molecular complexity index is 1090. The van der Waals surface area contributed by atoms with Crippen molar-refractivity contribution >= 4 is 37.5 Å². The molecule has 7 nitrogen and oxygen atoms in total. The van der Waals surface area contributed by atoms with Crippen molar-refractivity contribution in [2.45, 2.75) is 44.4 Å². The fourth-order valence-corrected chi connectivity index (χ4v) is 6.26. The van der Waals surface area contributed by atoms with E-state index < -0.39 is 15.9 Å². The lowest BCUT2D eigenvalue weighted by atomic mass is 9.97. The number of methoxy groups -OCH3 is 2. The molecule has 33 heavy (non-hydrogen) atoms. The lowest BCUT2D eigenvalue weighted by Gasteiger charge is -2.31. The second-order valence-electron chi connectivity index (χ2n) is 8.01. The number of halogens is 1. The molecule has 0 aromatic heterocycles. The predicted molar refractivity (Wildman–Crippen MR) is 133 cm³/mol. The summed E-state index contributed by atoms with van der Waals surface area (Å²) in [6, 6.07) is 8.57. The van der Waals surface area contributed by atoms with E-state index >= 15 is 0 Å². The van der Waals surface area contributed by atoms with E-state index in [1.165, 1.54) is 30.7 Å². The summed E-state index contributed by atoms with van der Waals surface area (Å²) in [5.41, 5.74) is 2.95. The van der Waals surface area contributed by atoms with Gasteiger partial charge < -0.3 is 14.8 Å². The largest absolute Gasteiger partial charge is 0.493 e. The summed E-state index contributed by atoms with van der Waals surface area (Å²) >= 11 is 3.54. The Morgan fingerprint density at radius 2 is 1.73 bits per heavy atom. The first-order valence-electron chi connectivity index (χ1n) is 11.1. The Morgan fingerprint density at radius 3 is 2.30 bits per heavy atom. The van der Waals surface area contributed by atoms with E-state index in [9.17, 15) is 13.2 Å². The van der Waals surface area contributed by atoms with Gasteiger partial charge in [-0.2, -0.15) is 4.31 Å². The molecule has 0 aliphatic carbocycles. The number of anilines is 1. The van der Waals surface area contributed by atoms with Crippen molar-refractivity contribution < 1.29 is 22.7 Å². The fraction of sp³-hybridized carbons (Fsp3) is 0.458. The molecule has 9 heteroatoms. The van der Waals surface area contributed by atoms with Gasteiger partial charge in [0.05, 0.1) is 25.0 Å². The van der Waals surface area contributed by atoms with E-state index in [0.717, 1.165) is 34.1 Å². The fourth-order valence-electron chi connectivity index (χ4n) is 4.17. The minimum Gasteiger partial charge on any atom is -0.493 e. The van der Waals surface area contributed by atoms with Crippen LogP contribution in [0.15, 0.2) is 39.7 Å². The normalized spacial score (nSPS) is 16.9. The summed E-state index contributed by atoms with van der Waals surface area (Å²) in [5, 5.41) is 3.11. The molecule has 1 fully saturated rings. The van der Waals surface area contributed by atoms with Gasteiger partial charge in [0.15, 0.2) is 11.5 Å². The molecule has 1 aliphatic heterocycles. The Labute approximate surface area is 204 Å². The van der Waals surface area contributed by atoms with Crippen molar-refractivity contribution in [2.24, 2.45) is 5.92 Å². The number of amides is 1.